The Labute approximate surface area is 125 Å². The quantitative estimate of drug-likeness (QED) is 0.462. The lowest BCUT2D eigenvalue weighted by Gasteiger charge is -2.05. The molecule has 0 unspecified atom stereocenters. The molecule has 0 amide bonds. The summed E-state index contributed by atoms with van der Waals surface area (Å²) in [6.07, 6.45) is 0. The standard InChI is InChI=1S/C14H15IO4/c1-8(16)17-6-11-10(5-15)13(11)9-3-2-4-12-14(9)19-7-18-12/h2-4,10-11,13H,5-7H2,1H3/t10-,11+,13+/m0/s1. The van der Waals surface area contributed by atoms with E-state index in [-0.39, 0.29) is 5.97 Å². The first-order chi connectivity index (χ1) is 9.22. The molecule has 0 bridgehead atoms. The number of rotatable bonds is 4. The Morgan fingerprint density at radius 3 is 3.00 bits per heavy atom. The van der Waals surface area contributed by atoms with E-state index >= 15 is 0 Å². The summed E-state index contributed by atoms with van der Waals surface area (Å²) in [5.41, 5.74) is 1.19. The monoisotopic (exact) mass is 374 g/mol. The van der Waals surface area contributed by atoms with Crippen molar-refractivity contribution in [2.45, 2.75) is 12.8 Å². The Morgan fingerprint density at radius 1 is 1.42 bits per heavy atom. The topological polar surface area (TPSA) is 44.8 Å². The van der Waals surface area contributed by atoms with Crippen LogP contribution in [0.2, 0.25) is 0 Å². The van der Waals surface area contributed by atoms with E-state index in [2.05, 4.69) is 28.7 Å². The Morgan fingerprint density at radius 2 is 2.26 bits per heavy atom. The molecule has 1 fully saturated rings. The summed E-state index contributed by atoms with van der Waals surface area (Å²) in [5, 5.41) is 0. The van der Waals surface area contributed by atoms with Gasteiger partial charge in [0.1, 0.15) is 0 Å². The normalized spacial score (nSPS) is 27.2. The molecule has 1 heterocycles. The molecule has 0 saturated heterocycles. The Kier molecular flexibility index (Phi) is 3.56. The molecule has 1 aliphatic heterocycles. The minimum Gasteiger partial charge on any atom is -0.466 e. The summed E-state index contributed by atoms with van der Waals surface area (Å²) >= 11 is 2.39. The first-order valence-electron chi connectivity index (χ1n) is 6.30. The summed E-state index contributed by atoms with van der Waals surface area (Å²) in [5.74, 6) is 2.84. The summed E-state index contributed by atoms with van der Waals surface area (Å²) in [7, 11) is 0. The zero-order valence-electron chi connectivity index (χ0n) is 10.6. The van der Waals surface area contributed by atoms with Crippen molar-refractivity contribution in [3.05, 3.63) is 23.8 Å². The number of carbonyl (C=O) groups is 1. The summed E-state index contributed by atoms with van der Waals surface area (Å²) in [4.78, 5) is 10.9. The van der Waals surface area contributed by atoms with E-state index in [4.69, 9.17) is 14.2 Å². The van der Waals surface area contributed by atoms with E-state index in [0.717, 1.165) is 15.9 Å². The Hall–Kier alpha value is -0.980. The lowest BCUT2D eigenvalue weighted by molar-refractivity contribution is -0.141. The third-order valence-electron chi connectivity index (χ3n) is 3.77. The number of hydrogen-bond acceptors (Lipinski definition) is 4. The average molecular weight is 374 g/mol. The summed E-state index contributed by atoms with van der Waals surface area (Å²) in [6.45, 7) is 2.24. The van der Waals surface area contributed by atoms with E-state index in [9.17, 15) is 4.79 Å². The molecular formula is C14H15IO4. The predicted octanol–water partition coefficient (Wildman–Crippen LogP) is 2.74. The fraction of sp³-hybridized carbons (Fsp3) is 0.500. The molecule has 3 rings (SSSR count). The average Bonchev–Trinajstić information content (AvgIpc) is 2.88. The van der Waals surface area contributed by atoms with Gasteiger partial charge in [0.2, 0.25) is 6.79 Å². The molecule has 1 aliphatic carbocycles. The highest BCUT2D eigenvalue weighted by Gasteiger charge is 2.52. The van der Waals surface area contributed by atoms with Crippen molar-refractivity contribution in [3.63, 3.8) is 0 Å². The van der Waals surface area contributed by atoms with Crippen LogP contribution in [0.3, 0.4) is 0 Å². The van der Waals surface area contributed by atoms with E-state index in [1.54, 1.807) is 0 Å². The van der Waals surface area contributed by atoms with Crippen molar-refractivity contribution in [2.75, 3.05) is 17.8 Å². The molecule has 1 aromatic rings. The molecule has 1 saturated carbocycles. The van der Waals surface area contributed by atoms with Crippen LogP contribution in [-0.4, -0.2) is 23.8 Å². The van der Waals surface area contributed by atoms with Gasteiger partial charge in [-0.05, 0) is 17.9 Å². The smallest absolute Gasteiger partial charge is 0.302 e. The van der Waals surface area contributed by atoms with Crippen molar-refractivity contribution >= 4 is 28.6 Å². The van der Waals surface area contributed by atoms with Crippen LogP contribution in [-0.2, 0) is 9.53 Å². The van der Waals surface area contributed by atoms with Gasteiger partial charge in [-0.1, -0.05) is 34.7 Å². The summed E-state index contributed by atoms with van der Waals surface area (Å²) in [6, 6.07) is 6.01. The van der Waals surface area contributed by atoms with E-state index in [1.165, 1.54) is 12.5 Å². The predicted molar refractivity (Wildman–Crippen MR) is 77.8 cm³/mol. The van der Waals surface area contributed by atoms with Gasteiger partial charge in [0, 0.05) is 22.8 Å². The van der Waals surface area contributed by atoms with Crippen molar-refractivity contribution in [3.8, 4) is 11.5 Å². The van der Waals surface area contributed by atoms with Gasteiger partial charge >= 0.3 is 5.97 Å². The highest BCUT2D eigenvalue weighted by atomic mass is 127. The lowest BCUT2D eigenvalue weighted by atomic mass is 10.1. The lowest BCUT2D eigenvalue weighted by Crippen LogP contribution is -2.04. The number of alkyl halides is 1. The zero-order chi connectivity index (χ0) is 13.4. The molecule has 0 N–H and O–H groups in total. The zero-order valence-corrected chi connectivity index (χ0v) is 12.8. The molecule has 0 radical (unpaired) electrons. The maximum absolute atomic E-state index is 10.9. The maximum Gasteiger partial charge on any atom is 0.302 e. The highest BCUT2D eigenvalue weighted by Crippen LogP contribution is 2.58. The van der Waals surface area contributed by atoms with Crippen molar-refractivity contribution < 1.29 is 19.0 Å². The van der Waals surface area contributed by atoms with Crippen LogP contribution in [0.15, 0.2) is 18.2 Å². The molecule has 0 aromatic heterocycles. The molecule has 4 nitrogen and oxygen atoms in total. The molecule has 3 atom stereocenters. The number of fused-ring (bicyclic) bond motifs is 1. The van der Waals surface area contributed by atoms with Gasteiger partial charge in [-0.2, -0.15) is 0 Å². The molecule has 2 aliphatic rings. The Balaban J connectivity index is 1.79. The van der Waals surface area contributed by atoms with Gasteiger partial charge in [-0.15, -0.1) is 0 Å². The highest BCUT2D eigenvalue weighted by molar-refractivity contribution is 14.1. The third kappa shape index (κ3) is 2.40. The van der Waals surface area contributed by atoms with Crippen LogP contribution in [0, 0.1) is 11.8 Å². The van der Waals surface area contributed by atoms with Gasteiger partial charge in [-0.25, -0.2) is 0 Å². The molecule has 5 heteroatoms. The van der Waals surface area contributed by atoms with Crippen LogP contribution >= 0.6 is 22.6 Å². The van der Waals surface area contributed by atoms with Crippen molar-refractivity contribution in [1.82, 2.24) is 0 Å². The van der Waals surface area contributed by atoms with Gasteiger partial charge in [-0.3, -0.25) is 4.79 Å². The Bertz CT molecular complexity index is 502. The molecular weight excluding hydrogens is 359 g/mol. The second-order valence-electron chi connectivity index (χ2n) is 4.89. The van der Waals surface area contributed by atoms with Gasteiger partial charge < -0.3 is 14.2 Å². The first kappa shape index (κ1) is 13.0. The number of esters is 1. The minimum atomic E-state index is -0.212. The van der Waals surface area contributed by atoms with Gasteiger partial charge in [0.15, 0.2) is 11.5 Å². The first-order valence-corrected chi connectivity index (χ1v) is 7.82. The third-order valence-corrected chi connectivity index (χ3v) is 4.79. The number of benzene rings is 1. The largest absolute Gasteiger partial charge is 0.466 e. The van der Waals surface area contributed by atoms with Crippen LogP contribution in [0.5, 0.6) is 11.5 Å². The van der Waals surface area contributed by atoms with Crippen molar-refractivity contribution in [2.24, 2.45) is 11.8 Å². The van der Waals surface area contributed by atoms with Crippen LogP contribution < -0.4 is 9.47 Å². The van der Waals surface area contributed by atoms with Gasteiger partial charge in [0.25, 0.3) is 0 Å². The number of para-hydroxylation sites is 1. The van der Waals surface area contributed by atoms with Crippen LogP contribution in [0.25, 0.3) is 0 Å². The number of ether oxygens (including phenoxy) is 3. The fourth-order valence-corrected chi connectivity index (χ4v) is 3.97. The van der Waals surface area contributed by atoms with E-state index in [1.807, 2.05) is 12.1 Å². The fourth-order valence-electron chi connectivity index (χ4n) is 2.77. The minimum absolute atomic E-state index is 0.212. The molecule has 1 aromatic carbocycles. The van der Waals surface area contributed by atoms with E-state index in [0.29, 0.717) is 31.2 Å². The molecule has 0 spiro atoms. The maximum atomic E-state index is 10.9. The number of carbonyl (C=O) groups excluding carboxylic acids is 1. The molecule has 102 valence electrons. The van der Waals surface area contributed by atoms with Gasteiger partial charge in [0.05, 0.1) is 6.61 Å². The van der Waals surface area contributed by atoms with Crippen LogP contribution in [0.1, 0.15) is 18.4 Å². The second-order valence-corrected chi connectivity index (χ2v) is 5.77. The second kappa shape index (κ2) is 5.19. The van der Waals surface area contributed by atoms with E-state index < -0.39 is 0 Å². The van der Waals surface area contributed by atoms with Crippen LogP contribution in [0.4, 0.5) is 0 Å². The number of halogens is 1. The number of hydrogen-bond donors (Lipinski definition) is 0. The SMILES string of the molecule is CC(=O)OC[C@@H]1[C@H](CI)[C@H]1c1cccc2c1OCO2. The summed E-state index contributed by atoms with van der Waals surface area (Å²) < 4.78 is 17.2. The van der Waals surface area contributed by atoms with Crippen molar-refractivity contribution in [1.29, 1.82) is 0 Å². The molecule has 19 heavy (non-hydrogen) atoms.